The van der Waals surface area contributed by atoms with Crippen molar-refractivity contribution >= 4 is 0 Å². The maximum absolute atomic E-state index is 12.6. The van der Waals surface area contributed by atoms with E-state index in [9.17, 15) is 4.79 Å². The number of hydrogen-bond acceptors (Lipinski definition) is 7. The number of pyridine rings is 1. The van der Waals surface area contributed by atoms with Crippen molar-refractivity contribution in [3.05, 3.63) is 63.8 Å². The van der Waals surface area contributed by atoms with Crippen LogP contribution in [0.1, 0.15) is 16.8 Å². The molecule has 0 saturated heterocycles. The summed E-state index contributed by atoms with van der Waals surface area (Å²) in [6, 6.07) is 7.36. The quantitative estimate of drug-likeness (QED) is 0.670. The van der Waals surface area contributed by atoms with Gasteiger partial charge >= 0.3 is 0 Å². The van der Waals surface area contributed by atoms with Crippen LogP contribution in [0.5, 0.6) is 17.2 Å². The molecule has 2 aromatic heterocycles. The molecule has 0 fully saturated rings. The second-order valence-corrected chi connectivity index (χ2v) is 7.05. The number of benzene rings is 1. The number of aromatic amines is 1. The summed E-state index contributed by atoms with van der Waals surface area (Å²) in [6.07, 6.45) is 4.00. The number of nitrogens with one attached hydrogen (secondary N) is 1. The minimum Gasteiger partial charge on any atom is -0.496 e. The maximum Gasteiger partial charge on any atom is 0.254 e. The van der Waals surface area contributed by atoms with E-state index in [1.54, 1.807) is 33.7 Å². The molecule has 0 aliphatic carbocycles. The van der Waals surface area contributed by atoms with Crippen LogP contribution >= 0.6 is 0 Å². The van der Waals surface area contributed by atoms with Crippen molar-refractivity contribution < 1.29 is 14.2 Å². The molecule has 1 aliphatic rings. The van der Waals surface area contributed by atoms with E-state index >= 15 is 0 Å². The Morgan fingerprint density at radius 1 is 1.07 bits per heavy atom. The Labute approximate surface area is 174 Å². The highest BCUT2D eigenvalue weighted by molar-refractivity contribution is 5.54. The van der Waals surface area contributed by atoms with Crippen LogP contribution < -0.4 is 19.8 Å². The lowest BCUT2D eigenvalue weighted by molar-refractivity contribution is 0.232. The summed E-state index contributed by atoms with van der Waals surface area (Å²) in [5, 5.41) is 0. The van der Waals surface area contributed by atoms with Crippen LogP contribution in [-0.2, 0) is 19.5 Å². The Balaban J connectivity index is 1.64. The zero-order valence-electron chi connectivity index (χ0n) is 17.3. The van der Waals surface area contributed by atoms with Crippen LogP contribution in [0.3, 0.4) is 0 Å². The molecule has 0 saturated carbocycles. The van der Waals surface area contributed by atoms with Crippen LogP contribution in [0.2, 0.25) is 0 Å². The molecule has 0 unspecified atom stereocenters. The lowest BCUT2D eigenvalue weighted by Crippen LogP contribution is -2.35. The molecule has 0 amide bonds. The van der Waals surface area contributed by atoms with Crippen molar-refractivity contribution in [2.75, 3.05) is 27.9 Å². The molecule has 1 N–H and O–H groups in total. The summed E-state index contributed by atoms with van der Waals surface area (Å²) < 4.78 is 16.5. The van der Waals surface area contributed by atoms with Gasteiger partial charge in [0.15, 0.2) is 0 Å². The van der Waals surface area contributed by atoms with Gasteiger partial charge in [0.1, 0.15) is 23.1 Å². The van der Waals surface area contributed by atoms with Gasteiger partial charge in [0.2, 0.25) is 0 Å². The maximum atomic E-state index is 12.6. The first-order valence-corrected chi connectivity index (χ1v) is 9.66. The van der Waals surface area contributed by atoms with Crippen LogP contribution in [0.15, 0.2) is 41.5 Å². The molecule has 156 valence electrons. The van der Waals surface area contributed by atoms with E-state index < -0.39 is 0 Å². The summed E-state index contributed by atoms with van der Waals surface area (Å²) in [6.45, 7) is 1.91. The summed E-state index contributed by atoms with van der Waals surface area (Å²) in [5.41, 5.74) is 3.23. The summed E-state index contributed by atoms with van der Waals surface area (Å²) >= 11 is 0. The average Bonchev–Trinajstić information content (AvgIpc) is 2.79. The van der Waals surface area contributed by atoms with Gasteiger partial charge in [0, 0.05) is 55.3 Å². The first kappa shape index (κ1) is 19.9. The number of rotatable bonds is 6. The highest BCUT2D eigenvalue weighted by atomic mass is 16.5. The van der Waals surface area contributed by atoms with Gasteiger partial charge in [-0.3, -0.25) is 14.7 Å². The number of ether oxygens (including phenoxy) is 3. The van der Waals surface area contributed by atoms with Gasteiger partial charge < -0.3 is 19.2 Å². The third-order valence-electron chi connectivity index (χ3n) is 5.31. The Morgan fingerprint density at radius 3 is 2.40 bits per heavy atom. The van der Waals surface area contributed by atoms with Crippen LogP contribution in [0.4, 0.5) is 0 Å². The average molecular weight is 408 g/mol. The smallest absolute Gasteiger partial charge is 0.254 e. The molecule has 1 aromatic carbocycles. The predicted octanol–water partition coefficient (Wildman–Crippen LogP) is 2.42. The Bertz CT molecular complexity index is 1070. The van der Waals surface area contributed by atoms with E-state index in [0.717, 1.165) is 28.9 Å². The van der Waals surface area contributed by atoms with Gasteiger partial charge in [-0.15, -0.1) is 0 Å². The van der Waals surface area contributed by atoms with Crippen LogP contribution in [-0.4, -0.2) is 47.7 Å². The topological polar surface area (TPSA) is 89.6 Å². The number of H-pyrrole nitrogens is 1. The van der Waals surface area contributed by atoms with E-state index in [1.807, 2.05) is 24.3 Å². The van der Waals surface area contributed by atoms with Gasteiger partial charge in [0.25, 0.3) is 5.56 Å². The molecular formula is C22H24N4O4. The molecular weight excluding hydrogens is 384 g/mol. The summed E-state index contributed by atoms with van der Waals surface area (Å²) in [5.74, 6) is 2.64. The minimum atomic E-state index is -0.0777. The fourth-order valence-corrected chi connectivity index (χ4v) is 3.73. The first-order chi connectivity index (χ1) is 14.6. The van der Waals surface area contributed by atoms with Crippen LogP contribution in [0.25, 0.3) is 11.4 Å². The minimum absolute atomic E-state index is 0.0777. The summed E-state index contributed by atoms with van der Waals surface area (Å²) in [7, 11) is 4.87. The first-order valence-electron chi connectivity index (χ1n) is 9.66. The Morgan fingerprint density at radius 2 is 1.77 bits per heavy atom. The molecule has 8 heteroatoms. The number of nitrogens with zero attached hydrogens (tertiary/aromatic N) is 3. The van der Waals surface area contributed by atoms with Gasteiger partial charge in [-0.25, -0.2) is 4.98 Å². The van der Waals surface area contributed by atoms with Gasteiger partial charge in [-0.1, -0.05) is 0 Å². The fourth-order valence-electron chi connectivity index (χ4n) is 3.73. The van der Waals surface area contributed by atoms with Gasteiger partial charge in [-0.2, -0.15) is 0 Å². The highest BCUT2D eigenvalue weighted by Gasteiger charge is 2.24. The van der Waals surface area contributed by atoms with Crippen molar-refractivity contribution in [1.29, 1.82) is 0 Å². The SMILES string of the molecule is COc1cc(OC)c(CN2CCc3c(nc(-c4ccncc4)[nH]c3=O)C2)c(OC)c1. The number of hydrogen-bond donors (Lipinski definition) is 1. The zero-order chi connectivity index (χ0) is 21.1. The monoisotopic (exact) mass is 408 g/mol. The van der Waals surface area contributed by atoms with Crippen molar-refractivity contribution in [1.82, 2.24) is 19.9 Å². The largest absolute Gasteiger partial charge is 0.496 e. The number of aromatic nitrogens is 3. The molecule has 30 heavy (non-hydrogen) atoms. The third kappa shape index (κ3) is 3.86. The lowest BCUT2D eigenvalue weighted by Gasteiger charge is -2.29. The van der Waals surface area contributed by atoms with E-state index in [4.69, 9.17) is 19.2 Å². The molecule has 3 aromatic rings. The molecule has 0 spiro atoms. The van der Waals surface area contributed by atoms with Crippen molar-refractivity contribution in [2.45, 2.75) is 19.5 Å². The molecule has 1 aliphatic heterocycles. The molecule has 8 nitrogen and oxygen atoms in total. The second kappa shape index (κ2) is 8.54. The van der Waals surface area contributed by atoms with Gasteiger partial charge in [-0.05, 0) is 18.6 Å². The molecule has 0 atom stereocenters. The van der Waals surface area contributed by atoms with Crippen molar-refractivity contribution in [2.24, 2.45) is 0 Å². The zero-order valence-corrected chi connectivity index (χ0v) is 17.3. The Hall–Kier alpha value is -3.39. The molecule has 4 rings (SSSR count). The normalized spacial score (nSPS) is 13.6. The van der Waals surface area contributed by atoms with Crippen LogP contribution in [0, 0.1) is 0 Å². The van der Waals surface area contributed by atoms with E-state index in [1.165, 1.54) is 0 Å². The molecule has 0 radical (unpaired) electrons. The standard InChI is InChI=1S/C22H24N4O4/c1-28-15-10-19(29-2)17(20(11-15)30-3)12-26-9-6-16-18(13-26)24-21(25-22(16)27)14-4-7-23-8-5-14/h4-5,7-8,10-11H,6,9,12-13H2,1-3H3,(H,24,25,27). The summed E-state index contributed by atoms with van der Waals surface area (Å²) in [4.78, 5) is 26.5. The molecule has 3 heterocycles. The van der Waals surface area contributed by atoms with E-state index in [-0.39, 0.29) is 5.56 Å². The fraction of sp³-hybridized carbons (Fsp3) is 0.318. The number of methoxy groups -OCH3 is 3. The van der Waals surface area contributed by atoms with E-state index in [0.29, 0.717) is 42.6 Å². The predicted molar refractivity (Wildman–Crippen MR) is 112 cm³/mol. The molecule has 0 bridgehead atoms. The highest BCUT2D eigenvalue weighted by Crippen LogP contribution is 2.35. The van der Waals surface area contributed by atoms with Gasteiger partial charge in [0.05, 0.1) is 32.6 Å². The number of fused-ring (bicyclic) bond motifs is 1. The second-order valence-electron chi connectivity index (χ2n) is 7.05. The lowest BCUT2D eigenvalue weighted by atomic mass is 10.0. The van der Waals surface area contributed by atoms with Crippen molar-refractivity contribution in [3.63, 3.8) is 0 Å². The van der Waals surface area contributed by atoms with Crippen molar-refractivity contribution in [3.8, 4) is 28.6 Å². The Kier molecular flexibility index (Phi) is 5.67. The van der Waals surface area contributed by atoms with E-state index in [2.05, 4.69) is 14.9 Å². The third-order valence-corrected chi connectivity index (χ3v) is 5.31.